The van der Waals surface area contributed by atoms with Crippen molar-refractivity contribution in [2.45, 2.75) is 0 Å². The minimum Gasteiger partial charge on any atom is -0.805 e. The number of hydrogen-bond donors (Lipinski definition) is 0. The molecule has 13 heavy (non-hydrogen) atoms. The summed E-state index contributed by atoms with van der Waals surface area (Å²) < 4.78 is 1.20. The Morgan fingerprint density at radius 3 is 2.85 bits per heavy atom. The van der Waals surface area contributed by atoms with Crippen LogP contribution in [0.15, 0.2) is 36.9 Å². The molecule has 0 unspecified atom stereocenters. The summed E-state index contributed by atoms with van der Waals surface area (Å²) in [5, 5.41) is 22.3. The lowest BCUT2D eigenvalue weighted by atomic mass is 10.3. The molecule has 0 aliphatic carbocycles. The van der Waals surface area contributed by atoms with Crippen LogP contribution in [-0.2, 0) is 0 Å². The number of nitrogens with zero attached hydrogens (tertiary/aromatic N) is 3. The summed E-state index contributed by atoms with van der Waals surface area (Å²) in [5.74, 6) is 0. The van der Waals surface area contributed by atoms with Crippen molar-refractivity contribution in [2.24, 2.45) is 0 Å². The summed E-state index contributed by atoms with van der Waals surface area (Å²) in [7, 11) is 0. The first-order valence-corrected chi connectivity index (χ1v) is 3.67. The standard InChI is InChI=1S/C8H6N3O2/c12-10-5-1-2-7(10)8-3-4-9-6-11(8)13/h1-6H/q-1. The molecule has 2 aromatic rings. The van der Waals surface area contributed by atoms with Gasteiger partial charge in [-0.25, -0.2) is 4.73 Å². The predicted molar refractivity (Wildman–Crippen MR) is 45.4 cm³/mol. The van der Waals surface area contributed by atoms with Gasteiger partial charge in [0.1, 0.15) is 6.20 Å². The van der Waals surface area contributed by atoms with Crippen molar-refractivity contribution in [1.29, 1.82) is 0 Å². The quantitative estimate of drug-likeness (QED) is 0.470. The van der Waals surface area contributed by atoms with Gasteiger partial charge in [-0.1, -0.05) is 4.98 Å². The van der Waals surface area contributed by atoms with Crippen LogP contribution >= 0.6 is 0 Å². The summed E-state index contributed by atoms with van der Waals surface area (Å²) in [5.41, 5.74) is 0.632. The highest BCUT2D eigenvalue weighted by atomic mass is 16.5. The molecule has 2 heterocycles. The molecule has 66 valence electrons. The lowest BCUT2D eigenvalue weighted by molar-refractivity contribution is -0.597. The van der Waals surface area contributed by atoms with Crippen molar-refractivity contribution >= 4 is 0 Å². The Balaban J connectivity index is 2.59. The van der Waals surface area contributed by atoms with E-state index < -0.39 is 0 Å². The molecule has 0 atom stereocenters. The lowest BCUT2D eigenvalue weighted by Crippen LogP contribution is -2.29. The van der Waals surface area contributed by atoms with Crippen LogP contribution in [-0.4, -0.2) is 9.71 Å². The molecule has 0 amide bonds. The normalized spacial score (nSPS) is 10.2. The smallest absolute Gasteiger partial charge is 0.289 e. The van der Waals surface area contributed by atoms with Gasteiger partial charge in [-0.2, -0.15) is 0 Å². The molecule has 0 saturated heterocycles. The highest BCUT2D eigenvalue weighted by Crippen LogP contribution is 2.13. The summed E-state index contributed by atoms with van der Waals surface area (Å²) >= 11 is 0. The Morgan fingerprint density at radius 1 is 1.38 bits per heavy atom. The Hall–Kier alpha value is -2.04. The van der Waals surface area contributed by atoms with Gasteiger partial charge in [0.2, 0.25) is 0 Å². The van der Waals surface area contributed by atoms with Crippen LogP contribution in [0.5, 0.6) is 0 Å². The van der Waals surface area contributed by atoms with Gasteiger partial charge in [-0.15, -0.1) is 0 Å². The third-order valence-electron chi connectivity index (χ3n) is 1.70. The molecule has 0 saturated carbocycles. The second-order valence-corrected chi connectivity index (χ2v) is 2.51. The van der Waals surface area contributed by atoms with E-state index in [4.69, 9.17) is 0 Å². The molecule has 0 aliphatic rings. The molecule has 0 N–H and O–H groups in total. The minimum absolute atomic E-state index is 0.301. The van der Waals surface area contributed by atoms with Gasteiger partial charge in [-0.05, 0) is 18.3 Å². The summed E-state index contributed by atoms with van der Waals surface area (Å²) in [6.45, 7) is 0. The SMILES string of the molecule is [O-]n1cccc1-c1ccnc[n+]1[O-]. The highest BCUT2D eigenvalue weighted by Gasteiger charge is 2.05. The van der Waals surface area contributed by atoms with Crippen LogP contribution < -0.4 is 4.73 Å². The fourth-order valence-corrected chi connectivity index (χ4v) is 1.11. The van der Waals surface area contributed by atoms with E-state index in [9.17, 15) is 10.4 Å². The van der Waals surface area contributed by atoms with Crippen molar-refractivity contribution < 1.29 is 4.73 Å². The Bertz CT molecular complexity index is 425. The fourth-order valence-electron chi connectivity index (χ4n) is 1.11. The number of rotatable bonds is 1. The van der Waals surface area contributed by atoms with Crippen LogP contribution in [0.4, 0.5) is 0 Å². The van der Waals surface area contributed by atoms with E-state index in [-0.39, 0.29) is 0 Å². The molecule has 0 aliphatic heterocycles. The average molecular weight is 176 g/mol. The van der Waals surface area contributed by atoms with E-state index in [0.717, 1.165) is 6.33 Å². The zero-order valence-corrected chi connectivity index (χ0v) is 6.62. The van der Waals surface area contributed by atoms with Gasteiger partial charge in [0.15, 0.2) is 5.69 Å². The van der Waals surface area contributed by atoms with E-state index in [2.05, 4.69) is 4.98 Å². The van der Waals surface area contributed by atoms with Crippen LogP contribution in [0, 0.1) is 10.4 Å². The van der Waals surface area contributed by atoms with Crippen molar-refractivity contribution in [3.63, 3.8) is 0 Å². The first-order chi connectivity index (χ1) is 6.29. The van der Waals surface area contributed by atoms with Crippen LogP contribution in [0.1, 0.15) is 0 Å². The van der Waals surface area contributed by atoms with Crippen molar-refractivity contribution in [3.05, 3.63) is 47.3 Å². The summed E-state index contributed by atoms with van der Waals surface area (Å²) in [6, 6.07) is 4.66. The van der Waals surface area contributed by atoms with E-state index in [1.54, 1.807) is 12.1 Å². The van der Waals surface area contributed by atoms with E-state index in [1.165, 1.54) is 18.5 Å². The van der Waals surface area contributed by atoms with Crippen LogP contribution in [0.25, 0.3) is 11.4 Å². The first-order valence-electron chi connectivity index (χ1n) is 3.67. The molecule has 5 heteroatoms. The second-order valence-electron chi connectivity index (χ2n) is 2.51. The Kier molecular flexibility index (Phi) is 1.63. The van der Waals surface area contributed by atoms with Crippen molar-refractivity contribution in [1.82, 2.24) is 9.71 Å². The Labute approximate surface area is 74.1 Å². The van der Waals surface area contributed by atoms with Crippen LogP contribution in [0.2, 0.25) is 0 Å². The third kappa shape index (κ3) is 1.20. The minimum atomic E-state index is 0.301. The topological polar surface area (TPSA) is 67.8 Å². The molecule has 2 rings (SSSR count). The molecular formula is C8H6N3O2-. The number of aromatic nitrogens is 3. The number of hydrogen-bond acceptors (Lipinski definition) is 3. The van der Waals surface area contributed by atoms with Gasteiger partial charge >= 0.3 is 0 Å². The van der Waals surface area contributed by atoms with E-state index in [0.29, 0.717) is 20.8 Å². The lowest BCUT2D eigenvalue weighted by Gasteiger charge is -2.13. The maximum atomic E-state index is 11.2. The maximum Gasteiger partial charge on any atom is 0.289 e. The fraction of sp³-hybridized carbons (Fsp3) is 0. The molecule has 0 bridgehead atoms. The van der Waals surface area contributed by atoms with Gasteiger partial charge in [0.05, 0.1) is 5.69 Å². The predicted octanol–water partition coefficient (Wildman–Crippen LogP) is 0.529. The molecular weight excluding hydrogens is 170 g/mol. The molecule has 2 aromatic heterocycles. The molecule has 0 aromatic carbocycles. The Morgan fingerprint density at radius 2 is 2.23 bits per heavy atom. The molecule has 5 nitrogen and oxygen atoms in total. The summed E-state index contributed by atoms with van der Waals surface area (Å²) in [4.78, 5) is 3.62. The first kappa shape index (κ1) is 7.60. The van der Waals surface area contributed by atoms with Crippen molar-refractivity contribution in [3.8, 4) is 11.4 Å². The largest absolute Gasteiger partial charge is 0.805 e. The van der Waals surface area contributed by atoms with Crippen LogP contribution in [0.3, 0.4) is 0 Å². The zero-order valence-electron chi connectivity index (χ0n) is 6.62. The van der Waals surface area contributed by atoms with E-state index in [1.807, 2.05) is 0 Å². The van der Waals surface area contributed by atoms with Gasteiger partial charge in [-0.3, -0.25) is 0 Å². The molecule has 0 radical (unpaired) electrons. The average Bonchev–Trinajstić information content (AvgIpc) is 2.52. The highest BCUT2D eigenvalue weighted by molar-refractivity contribution is 5.51. The second kappa shape index (κ2) is 2.78. The third-order valence-corrected chi connectivity index (χ3v) is 1.70. The van der Waals surface area contributed by atoms with E-state index >= 15 is 0 Å². The van der Waals surface area contributed by atoms with Crippen molar-refractivity contribution in [2.75, 3.05) is 0 Å². The molecule has 0 spiro atoms. The van der Waals surface area contributed by atoms with Gasteiger partial charge in [0, 0.05) is 6.07 Å². The van der Waals surface area contributed by atoms with Gasteiger partial charge < -0.3 is 15.1 Å². The zero-order chi connectivity index (χ0) is 9.26. The monoisotopic (exact) mass is 176 g/mol. The maximum absolute atomic E-state index is 11.2. The van der Waals surface area contributed by atoms with Gasteiger partial charge in [0.25, 0.3) is 6.33 Å². The summed E-state index contributed by atoms with van der Waals surface area (Å²) in [6.07, 6.45) is 3.93. The molecule has 0 fully saturated rings.